The molecule has 0 heterocycles. The Balaban J connectivity index is 1.93. The standard InChI is InChI=1S/C17H17F2NO2/c1-11(2)12-6-8-13(9-7-12)22-10-16(21)20-17-14(18)4-3-5-15(17)19/h3-9,11H,10H2,1-2H3,(H,20,21). The smallest absolute Gasteiger partial charge is 0.262 e. The second kappa shape index (κ2) is 7.02. The van der Waals surface area contributed by atoms with Crippen LogP contribution in [0, 0.1) is 11.6 Å². The average Bonchev–Trinajstić information content (AvgIpc) is 2.49. The zero-order valence-electron chi connectivity index (χ0n) is 12.4. The van der Waals surface area contributed by atoms with E-state index in [0.29, 0.717) is 11.7 Å². The Bertz CT molecular complexity index is 634. The van der Waals surface area contributed by atoms with Gasteiger partial charge in [0.15, 0.2) is 6.61 Å². The summed E-state index contributed by atoms with van der Waals surface area (Å²) < 4.78 is 32.1. The number of carbonyl (C=O) groups excluding carboxylic acids is 1. The summed E-state index contributed by atoms with van der Waals surface area (Å²) in [5.41, 5.74) is 0.691. The van der Waals surface area contributed by atoms with Gasteiger partial charge in [0.1, 0.15) is 23.1 Å². The van der Waals surface area contributed by atoms with Crippen LogP contribution in [0.25, 0.3) is 0 Å². The van der Waals surface area contributed by atoms with E-state index in [4.69, 9.17) is 4.74 Å². The minimum absolute atomic E-state index is 0.325. The van der Waals surface area contributed by atoms with Crippen molar-refractivity contribution < 1.29 is 18.3 Å². The van der Waals surface area contributed by atoms with Gasteiger partial charge in [0, 0.05) is 0 Å². The van der Waals surface area contributed by atoms with E-state index >= 15 is 0 Å². The molecule has 0 radical (unpaired) electrons. The molecule has 0 unspecified atom stereocenters. The fraction of sp³-hybridized carbons (Fsp3) is 0.235. The van der Waals surface area contributed by atoms with E-state index in [1.807, 2.05) is 12.1 Å². The summed E-state index contributed by atoms with van der Waals surface area (Å²) in [5, 5.41) is 2.16. The number of hydrogen-bond acceptors (Lipinski definition) is 2. The number of halogens is 2. The fourth-order valence-corrected chi connectivity index (χ4v) is 1.89. The molecule has 2 aromatic rings. The average molecular weight is 305 g/mol. The number of benzene rings is 2. The van der Waals surface area contributed by atoms with Gasteiger partial charge >= 0.3 is 0 Å². The van der Waals surface area contributed by atoms with Crippen molar-refractivity contribution in [1.82, 2.24) is 0 Å². The number of ether oxygens (including phenoxy) is 1. The molecule has 2 rings (SSSR count). The number of carbonyl (C=O) groups is 1. The van der Waals surface area contributed by atoms with E-state index in [2.05, 4.69) is 19.2 Å². The Hall–Kier alpha value is -2.43. The third-order valence-corrected chi connectivity index (χ3v) is 3.14. The van der Waals surface area contributed by atoms with Crippen molar-refractivity contribution in [1.29, 1.82) is 0 Å². The second-order valence-electron chi connectivity index (χ2n) is 5.16. The molecule has 0 saturated carbocycles. The van der Waals surface area contributed by atoms with Crippen LogP contribution in [-0.2, 0) is 4.79 Å². The SMILES string of the molecule is CC(C)c1ccc(OCC(=O)Nc2c(F)cccc2F)cc1. The number of nitrogens with one attached hydrogen (secondary N) is 1. The number of rotatable bonds is 5. The van der Waals surface area contributed by atoms with Gasteiger partial charge in [0.2, 0.25) is 0 Å². The number of amides is 1. The molecule has 1 N–H and O–H groups in total. The van der Waals surface area contributed by atoms with Crippen LogP contribution >= 0.6 is 0 Å². The number of para-hydroxylation sites is 1. The molecule has 3 nitrogen and oxygen atoms in total. The van der Waals surface area contributed by atoms with Crippen LogP contribution < -0.4 is 10.1 Å². The van der Waals surface area contributed by atoms with Gasteiger partial charge in [-0.1, -0.05) is 32.0 Å². The molecule has 22 heavy (non-hydrogen) atoms. The lowest BCUT2D eigenvalue weighted by molar-refractivity contribution is -0.118. The molecule has 5 heteroatoms. The van der Waals surface area contributed by atoms with Crippen LogP contribution in [0.15, 0.2) is 42.5 Å². The first-order chi connectivity index (χ1) is 10.5. The quantitative estimate of drug-likeness (QED) is 0.903. The molecular weight excluding hydrogens is 288 g/mol. The van der Waals surface area contributed by atoms with Crippen LogP contribution in [0.5, 0.6) is 5.75 Å². The van der Waals surface area contributed by atoms with Gasteiger partial charge in [-0.15, -0.1) is 0 Å². The lowest BCUT2D eigenvalue weighted by Gasteiger charge is -2.10. The summed E-state index contributed by atoms with van der Waals surface area (Å²) >= 11 is 0. The van der Waals surface area contributed by atoms with Crippen LogP contribution in [0.2, 0.25) is 0 Å². The Morgan fingerprint density at radius 3 is 2.23 bits per heavy atom. The molecule has 2 aromatic carbocycles. The van der Waals surface area contributed by atoms with Crippen LogP contribution in [0.1, 0.15) is 25.3 Å². The first kappa shape index (κ1) is 15.9. The molecule has 0 spiro atoms. The predicted octanol–water partition coefficient (Wildman–Crippen LogP) is 4.11. The Morgan fingerprint density at radius 2 is 1.68 bits per heavy atom. The van der Waals surface area contributed by atoms with Gasteiger partial charge < -0.3 is 10.1 Å². The molecule has 0 aliphatic carbocycles. The molecule has 0 bridgehead atoms. The van der Waals surface area contributed by atoms with Gasteiger partial charge in [0.25, 0.3) is 5.91 Å². The van der Waals surface area contributed by atoms with Crippen molar-refractivity contribution in [3.8, 4) is 5.75 Å². The summed E-state index contributed by atoms with van der Waals surface area (Å²) in [6, 6.07) is 10.7. The van der Waals surface area contributed by atoms with Crippen molar-refractivity contribution in [2.45, 2.75) is 19.8 Å². The maximum absolute atomic E-state index is 13.4. The van der Waals surface area contributed by atoms with E-state index in [9.17, 15) is 13.6 Å². The highest BCUT2D eigenvalue weighted by atomic mass is 19.1. The van der Waals surface area contributed by atoms with E-state index in [0.717, 1.165) is 17.7 Å². The zero-order valence-corrected chi connectivity index (χ0v) is 12.4. The molecule has 1 amide bonds. The minimum Gasteiger partial charge on any atom is -0.484 e. The summed E-state index contributed by atoms with van der Waals surface area (Å²) in [6.07, 6.45) is 0. The third-order valence-electron chi connectivity index (χ3n) is 3.14. The highest BCUT2D eigenvalue weighted by molar-refractivity contribution is 5.92. The van der Waals surface area contributed by atoms with Crippen LogP contribution in [0.3, 0.4) is 0 Å². The van der Waals surface area contributed by atoms with Gasteiger partial charge in [-0.3, -0.25) is 4.79 Å². The van der Waals surface area contributed by atoms with Crippen molar-refractivity contribution in [2.75, 3.05) is 11.9 Å². The largest absolute Gasteiger partial charge is 0.484 e. The maximum atomic E-state index is 13.4. The summed E-state index contributed by atoms with van der Waals surface area (Å²) in [6.45, 7) is 3.83. The van der Waals surface area contributed by atoms with Crippen LogP contribution in [0.4, 0.5) is 14.5 Å². The molecular formula is C17H17F2NO2. The molecule has 0 aromatic heterocycles. The highest BCUT2D eigenvalue weighted by Crippen LogP contribution is 2.19. The predicted molar refractivity (Wildman–Crippen MR) is 81.0 cm³/mol. The van der Waals surface area contributed by atoms with E-state index in [-0.39, 0.29) is 6.61 Å². The lowest BCUT2D eigenvalue weighted by Crippen LogP contribution is -2.21. The summed E-state index contributed by atoms with van der Waals surface area (Å²) in [5.74, 6) is -1.35. The molecule has 0 atom stereocenters. The Labute approximate surface area is 127 Å². The van der Waals surface area contributed by atoms with Gasteiger partial charge in [-0.05, 0) is 35.7 Å². The topological polar surface area (TPSA) is 38.3 Å². The van der Waals surface area contributed by atoms with Crippen molar-refractivity contribution in [3.05, 3.63) is 59.7 Å². The lowest BCUT2D eigenvalue weighted by atomic mass is 10.0. The number of hydrogen-bond donors (Lipinski definition) is 1. The summed E-state index contributed by atoms with van der Waals surface area (Å²) in [4.78, 5) is 11.7. The van der Waals surface area contributed by atoms with Crippen molar-refractivity contribution in [2.24, 2.45) is 0 Å². The highest BCUT2D eigenvalue weighted by Gasteiger charge is 2.12. The molecule has 116 valence electrons. The van der Waals surface area contributed by atoms with E-state index in [1.54, 1.807) is 12.1 Å². The minimum atomic E-state index is -0.824. The third kappa shape index (κ3) is 4.04. The van der Waals surface area contributed by atoms with E-state index < -0.39 is 23.2 Å². The van der Waals surface area contributed by atoms with Gasteiger partial charge in [-0.25, -0.2) is 8.78 Å². The fourth-order valence-electron chi connectivity index (χ4n) is 1.89. The maximum Gasteiger partial charge on any atom is 0.262 e. The van der Waals surface area contributed by atoms with Crippen LogP contribution in [-0.4, -0.2) is 12.5 Å². The summed E-state index contributed by atoms with van der Waals surface area (Å²) in [7, 11) is 0. The zero-order chi connectivity index (χ0) is 16.1. The Kier molecular flexibility index (Phi) is 5.09. The van der Waals surface area contributed by atoms with Crippen molar-refractivity contribution in [3.63, 3.8) is 0 Å². The monoisotopic (exact) mass is 305 g/mol. The Morgan fingerprint density at radius 1 is 1.09 bits per heavy atom. The number of anilines is 1. The molecule has 0 aliphatic heterocycles. The molecule has 0 saturated heterocycles. The van der Waals surface area contributed by atoms with E-state index in [1.165, 1.54) is 6.07 Å². The van der Waals surface area contributed by atoms with Gasteiger partial charge in [0.05, 0.1) is 0 Å². The van der Waals surface area contributed by atoms with Crippen molar-refractivity contribution >= 4 is 11.6 Å². The van der Waals surface area contributed by atoms with Gasteiger partial charge in [-0.2, -0.15) is 0 Å². The molecule has 0 aliphatic rings. The first-order valence-corrected chi connectivity index (χ1v) is 6.94. The molecule has 0 fully saturated rings. The second-order valence-corrected chi connectivity index (χ2v) is 5.16. The normalized spacial score (nSPS) is 10.6. The first-order valence-electron chi connectivity index (χ1n) is 6.94.